The van der Waals surface area contributed by atoms with Crippen LogP contribution in [0.3, 0.4) is 0 Å². The highest BCUT2D eigenvalue weighted by molar-refractivity contribution is 8.00. The van der Waals surface area contributed by atoms with Gasteiger partial charge in [0.15, 0.2) is 23.6 Å². The van der Waals surface area contributed by atoms with E-state index in [0.717, 1.165) is 21.6 Å². The number of carboxylic acid groups (broad SMARTS) is 1. The highest BCUT2D eigenvalue weighted by Crippen LogP contribution is 2.40. The Morgan fingerprint density at radius 1 is 1.46 bits per heavy atom. The molecule has 0 bridgehead atoms. The number of rotatable bonds is 7. The molecule has 3 aromatic rings. The lowest BCUT2D eigenvalue weighted by Gasteiger charge is -2.50. The van der Waals surface area contributed by atoms with Crippen molar-refractivity contribution in [2.45, 2.75) is 18.0 Å². The standard InChI is InChI=1S/C21H18N6O6S2/c1-32-25-13(12-9-35-21(22)23-12)16(28)24-14-17(29)27-15(20(30)31)11(8-34-19(14)27)7-26-5-2-3-10-4-6-33-18(10)26/h2-6,9,14,19H,7-8H2,1H3,(H3-,22,23,24,28,30,31)/t14?,19-/m0/s1. The molecular formula is C21H18N6O6S2. The Kier molecular flexibility index (Phi) is 5.90. The molecule has 2 atom stereocenters. The Hall–Kier alpha value is -3.91. The number of hydrogen-bond acceptors (Lipinski definition) is 11. The summed E-state index contributed by atoms with van der Waals surface area (Å²) in [6.45, 7) is 0.199. The summed E-state index contributed by atoms with van der Waals surface area (Å²) in [7, 11) is 1.27. The number of carbonyl (C=O) groups excluding carboxylic acids is 3. The molecule has 3 aromatic heterocycles. The largest absolute Gasteiger partial charge is 0.543 e. The van der Waals surface area contributed by atoms with Crippen LogP contribution < -0.4 is 20.7 Å². The molecule has 0 aliphatic carbocycles. The van der Waals surface area contributed by atoms with E-state index in [1.54, 1.807) is 23.1 Å². The molecule has 3 N–H and O–H groups in total. The maximum Gasteiger partial charge on any atom is 0.380 e. The zero-order chi connectivity index (χ0) is 24.7. The number of thioether (sulfide) groups is 1. The van der Waals surface area contributed by atoms with Gasteiger partial charge in [-0.05, 0) is 12.1 Å². The first-order chi connectivity index (χ1) is 16.9. The van der Waals surface area contributed by atoms with Gasteiger partial charge in [0, 0.05) is 22.8 Å². The second-order valence-corrected chi connectivity index (χ2v) is 9.61. The van der Waals surface area contributed by atoms with Gasteiger partial charge in [0.1, 0.15) is 24.2 Å². The van der Waals surface area contributed by atoms with Crippen molar-refractivity contribution < 1.29 is 33.3 Å². The predicted octanol–water partition coefficient (Wildman–Crippen LogP) is -0.786. The minimum Gasteiger partial charge on any atom is -0.543 e. The van der Waals surface area contributed by atoms with E-state index in [-0.39, 0.29) is 28.8 Å². The van der Waals surface area contributed by atoms with Gasteiger partial charge in [-0.1, -0.05) is 5.16 Å². The van der Waals surface area contributed by atoms with Crippen LogP contribution in [0.15, 0.2) is 56.9 Å². The third kappa shape index (κ3) is 4.00. The third-order valence-corrected chi connectivity index (χ3v) is 7.54. The molecule has 35 heavy (non-hydrogen) atoms. The van der Waals surface area contributed by atoms with Crippen molar-refractivity contribution in [1.29, 1.82) is 0 Å². The first kappa shape index (κ1) is 22.9. The van der Waals surface area contributed by atoms with Gasteiger partial charge in [-0.2, -0.15) is 4.57 Å². The highest BCUT2D eigenvalue weighted by atomic mass is 32.2. The molecule has 0 saturated carbocycles. The third-order valence-electron chi connectivity index (χ3n) is 5.53. The number of amides is 2. The van der Waals surface area contributed by atoms with Crippen LogP contribution in [0, 0.1) is 0 Å². The maximum absolute atomic E-state index is 13.0. The fraction of sp³-hybridized carbons (Fsp3) is 0.238. The summed E-state index contributed by atoms with van der Waals surface area (Å²) in [6.07, 6.45) is 3.32. The van der Waals surface area contributed by atoms with E-state index in [0.29, 0.717) is 17.0 Å². The molecule has 0 spiro atoms. The van der Waals surface area contributed by atoms with Gasteiger partial charge in [-0.15, -0.1) is 23.1 Å². The monoisotopic (exact) mass is 514 g/mol. The molecule has 0 aromatic carbocycles. The van der Waals surface area contributed by atoms with Crippen LogP contribution >= 0.6 is 23.1 Å². The minimum absolute atomic E-state index is 0.146. The van der Waals surface area contributed by atoms with Crippen LogP contribution in [0.1, 0.15) is 5.69 Å². The Labute approximate surface area is 206 Å². The van der Waals surface area contributed by atoms with E-state index in [4.69, 9.17) is 15.0 Å². The Balaban J connectivity index is 1.38. The zero-order valence-electron chi connectivity index (χ0n) is 18.2. The molecule has 1 saturated heterocycles. The Morgan fingerprint density at radius 2 is 2.29 bits per heavy atom. The van der Waals surface area contributed by atoms with E-state index in [9.17, 15) is 19.5 Å². The number of aromatic nitrogens is 2. The molecule has 1 fully saturated rings. The number of carbonyl (C=O) groups is 3. The number of aliphatic carboxylic acids is 1. The van der Waals surface area contributed by atoms with Crippen LogP contribution in [0.4, 0.5) is 5.13 Å². The quantitative estimate of drug-likeness (QED) is 0.178. The number of fused-ring (bicyclic) bond motifs is 2. The van der Waals surface area contributed by atoms with E-state index in [1.165, 1.54) is 24.3 Å². The minimum atomic E-state index is -1.46. The van der Waals surface area contributed by atoms with Crippen LogP contribution in [0.2, 0.25) is 0 Å². The molecule has 5 heterocycles. The molecule has 1 unspecified atom stereocenters. The van der Waals surface area contributed by atoms with Gasteiger partial charge in [0.2, 0.25) is 0 Å². The average molecular weight is 515 g/mol. The molecule has 2 amide bonds. The molecule has 0 radical (unpaired) electrons. The van der Waals surface area contributed by atoms with Crippen molar-refractivity contribution >= 4 is 62.8 Å². The summed E-state index contributed by atoms with van der Waals surface area (Å²) in [5.41, 5.74) is 6.58. The smallest absolute Gasteiger partial charge is 0.380 e. The van der Waals surface area contributed by atoms with E-state index >= 15 is 0 Å². The zero-order valence-corrected chi connectivity index (χ0v) is 19.8. The summed E-state index contributed by atoms with van der Waals surface area (Å²) in [4.78, 5) is 47.8. The topological polar surface area (TPSA) is 167 Å². The van der Waals surface area contributed by atoms with Gasteiger partial charge < -0.3 is 30.2 Å². The van der Waals surface area contributed by atoms with Crippen molar-refractivity contribution in [3.63, 3.8) is 0 Å². The number of thiazole rings is 1. The van der Waals surface area contributed by atoms with Gasteiger partial charge in [0.25, 0.3) is 11.8 Å². The van der Waals surface area contributed by atoms with Crippen molar-refractivity contribution in [2.75, 3.05) is 18.6 Å². The number of hydrogen-bond donors (Lipinski definition) is 2. The lowest BCUT2D eigenvalue weighted by Crippen LogP contribution is -2.71. The lowest BCUT2D eigenvalue weighted by molar-refractivity contribution is -0.669. The SMILES string of the molecule is CON=C(C(=O)NC1C(=O)N2C(C(=O)[O-])=C(C[n+]3cccc4ccoc43)CS[C@@H]12)c1csc(N)n1. The first-order valence-electron chi connectivity index (χ1n) is 10.3. The number of nitrogens with two attached hydrogens (primary N) is 1. The van der Waals surface area contributed by atoms with Crippen LogP contribution in [0.5, 0.6) is 0 Å². The maximum atomic E-state index is 13.0. The number of pyridine rings is 1. The number of anilines is 1. The summed E-state index contributed by atoms with van der Waals surface area (Å²) in [5, 5.41) is 20.4. The molecular weight excluding hydrogens is 496 g/mol. The van der Waals surface area contributed by atoms with Gasteiger partial charge in [-0.3, -0.25) is 14.5 Å². The molecule has 5 rings (SSSR count). The molecule has 2 aliphatic rings. The number of nitrogens with one attached hydrogen (secondary N) is 1. The van der Waals surface area contributed by atoms with E-state index in [2.05, 4.69) is 15.5 Å². The van der Waals surface area contributed by atoms with Crippen LogP contribution in [0.25, 0.3) is 11.1 Å². The highest BCUT2D eigenvalue weighted by Gasteiger charge is 2.53. The second-order valence-electron chi connectivity index (χ2n) is 7.61. The lowest BCUT2D eigenvalue weighted by atomic mass is 10.0. The number of β-lactam (4-membered cyclic amide) rings is 1. The van der Waals surface area contributed by atoms with E-state index < -0.39 is 29.2 Å². The molecule has 180 valence electrons. The van der Waals surface area contributed by atoms with Crippen molar-refractivity contribution in [2.24, 2.45) is 5.16 Å². The summed E-state index contributed by atoms with van der Waals surface area (Å²) >= 11 is 2.46. The molecule has 2 aliphatic heterocycles. The van der Waals surface area contributed by atoms with Crippen molar-refractivity contribution in [3.05, 3.63) is 53.0 Å². The van der Waals surface area contributed by atoms with Crippen LogP contribution in [-0.2, 0) is 25.8 Å². The van der Waals surface area contributed by atoms with Gasteiger partial charge in [-0.25, -0.2) is 4.98 Å². The van der Waals surface area contributed by atoms with E-state index in [1.807, 2.05) is 12.1 Å². The summed E-state index contributed by atoms with van der Waals surface area (Å²) in [6, 6.07) is 4.55. The Morgan fingerprint density at radius 3 is 3.00 bits per heavy atom. The number of furan rings is 1. The van der Waals surface area contributed by atoms with Gasteiger partial charge >= 0.3 is 5.71 Å². The second kappa shape index (κ2) is 9.03. The first-order valence-corrected chi connectivity index (χ1v) is 12.2. The molecule has 12 nitrogen and oxygen atoms in total. The number of nitrogen functional groups attached to an aromatic ring is 1. The Bertz CT molecular complexity index is 1410. The normalized spacial score (nSPS) is 20.0. The number of oxime groups is 1. The number of carboxylic acids is 1. The van der Waals surface area contributed by atoms with Crippen molar-refractivity contribution in [1.82, 2.24) is 15.2 Å². The molecule has 14 heteroatoms. The average Bonchev–Trinajstić information content (AvgIpc) is 3.49. The number of nitrogens with zero attached hydrogens (tertiary/aromatic N) is 4. The fourth-order valence-electron chi connectivity index (χ4n) is 4.01. The summed E-state index contributed by atoms with van der Waals surface area (Å²) in [5.74, 6) is -2.41. The predicted molar refractivity (Wildman–Crippen MR) is 124 cm³/mol. The van der Waals surface area contributed by atoms with Crippen LogP contribution in [-0.4, -0.2) is 57.7 Å². The van der Waals surface area contributed by atoms with Gasteiger partial charge in [0.05, 0.1) is 23.3 Å². The fourth-order valence-corrected chi connectivity index (χ4v) is 5.90. The summed E-state index contributed by atoms with van der Waals surface area (Å²) < 4.78 is 7.29. The van der Waals surface area contributed by atoms with Crippen molar-refractivity contribution in [3.8, 4) is 0 Å².